The minimum atomic E-state index is -0.356. The molecule has 3 heterocycles. The number of rotatable bonds is 6. The summed E-state index contributed by atoms with van der Waals surface area (Å²) >= 11 is 0. The fourth-order valence-electron chi connectivity index (χ4n) is 3.16. The lowest BCUT2D eigenvalue weighted by Crippen LogP contribution is -2.40. The van der Waals surface area contributed by atoms with Crippen molar-refractivity contribution < 1.29 is 5.11 Å². The van der Waals surface area contributed by atoms with E-state index in [2.05, 4.69) is 32.9 Å². The Morgan fingerprint density at radius 2 is 2.05 bits per heavy atom. The van der Waals surface area contributed by atoms with Crippen LogP contribution in [0.3, 0.4) is 0 Å². The number of aryl methyl sites for hydroxylation is 1. The van der Waals surface area contributed by atoms with E-state index in [1.165, 1.54) is 18.4 Å². The van der Waals surface area contributed by atoms with E-state index >= 15 is 0 Å². The Morgan fingerprint density at radius 3 is 2.68 bits per heavy atom. The Bertz CT molecular complexity index is 557. The lowest BCUT2D eigenvalue weighted by atomic mass is 9.96. The zero-order chi connectivity index (χ0) is 15.4. The lowest BCUT2D eigenvalue weighted by molar-refractivity contribution is 0.0733. The van der Waals surface area contributed by atoms with E-state index in [0.717, 1.165) is 26.2 Å². The van der Waals surface area contributed by atoms with E-state index in [1.54, 1.807) is 10.9 Å². The van der Waals surface area contributed by atoms with E-state index in [4.69, 9.17) is 0 Å². The molecular weight excluding hydrogens is 278 g/mol. The van der Waals surface area contributed by atoms with Crippen LogP contribution in [0.2, 0.25) is 0 Å². The molecule has 22 heavy (non-hydrogen) atoms. The molecular formula is C16H25N5O. The SMILES string of the molecule is Cc1cnn(CC2CCN(CC(O)Cn3cccn3)CC2)c1. The van der Waals surface area contributed by atoms with Gasteiger partial charge in [-0.3, -0.25) is 9.36 Å². The average Bonchev–Trinajstić information content (AvgIpc) is 3.13. The summed E-state index contributed by atoms with van der Waals surface area (Å²) in [5.74, 6) is 0.693. The first-order chi connectivity index (χ1) is 10.7. The van der Waals surface area contributed by atoms with Crippen molar-refractivity contribution in [1.29, 1.82) is 0 Å². The van der Waals surface area contributed by atoms with E-state index in [0.29, 0.717) is 12.5 Å². The standard InChI is InChI=1S/C16H25N5O/c1-14-9-18-21(10-14)11-15-3-7-19(8-4-15)12-16(22)13-20-6-2-5-17-20/h2,5-6,9-10,15-16,22H,3-4,7-8,11-13H2,1H3. The Balaban J connectivity index is 1.39. The van der Waals surface area contributed by atoms with Crippen molar-refractivity contribution in [3.63, 3.8) is 0 Å². The number of piperidine rings is 1. The average molecular weight is 303 g/mol. The molecule has 2 aromatic rings. The number of hydrogen-bond acceptors (Lipinski definition) is 4. The highest BCUT2D eigenvalue weighted by molar-refractivity contribution is 4.99. The van der Waals surface area contributed by atoms with Crippen LogP contribution in [0.15, 0.2) is 30.9 Å². The molecule has 1 N–H and O–H groups in total. The van der Waals surface area contributed by atoms with Crippen molar-refractivity contribution >= 4 is 0 Å². The molecule has 0 radical (unpaired) electrons. The van der Waals surface area contributed by atoms with Crippen LogP contribution < -0.4 is 0 Å². The van der Waals surface area contributed by atoms with Crippen molar-refractivity contribution in [2.45, 2.75) is 39.0 Å². The summed E-state index contributed by atoms with van der Waals surface area (Å²) in [6.45, 7) is 6.50. The summed E-state index contributed by atoms with van der Waals surface area (Å²) in [5.41, 5.74) is 1.22. The van der Waals surface area contributed by atoms with Gasteiger partial charge in [0, 0.05) is 31.7 Å². The second-order valence-corrected chi connectivity index (χ2v) is 6.37. The molecule has 1 fully saturated rings. The van der Waals surface area contributed by atoms with Crippen LogP contribution in [0, 0.1) is 12.8 Å². The third-order valence-electron chi connectivity index (χ3n) is 4.34. The molecule has 6 nitrogen and oxygen atoms in total. The van der Waals surface area contributed by atoms with E-state index < -0.39 is 0 Å². The minimum absolute atomic E-state index is 0.356. The summed E-state index contributed by atoms with van der Waals surface area (Å²) in [4.78, 5) is 2.36. The molecule has 1 aliphatic heterocycles. The van der Waals surface area contributed by atoms with E-state index in [1.807, 2.05) is 18.5 Å². The van der Waals surface area contributed by atoms with Gasteiger partial charge in [0.2, 0.25) is 0 Å². The van der Waals surface area contributed by atoms with Crippen LogP contribution in [0.1, 0.15) is 18.4 Å². The number of nitrogens with zero attached hydrogens (tertiary/aromatic N) is 5. The Morgan fingerprint density at radius 1 is 1.23 bits per heavy atom. The molecule has 0 bridgehead atoms. The molecule has 1 atom stereocenters. The number of β-amino-alcohol motifs (C(OH)–C–C–N with tert-alkyl or cyclic N) is 1. The second kappa shape index (κ2) is 7.07. The molecule has 0 aliphatic carbocycles. The van der Waals surface area contributed by atoms with Gasteiger partial charge in [-0.2, -0.15) is 10.2 Å². The van der Waals surface area contributed by atoms with Gasteiger partial charge in [-0.1, -0.05) is 0 Å². The predicted octanol–water partition coefficient (Wildman–Crippen LogP) is 1.16. The predicted molar refractivity (Wildman–Crippen MR) is 84.4 cm³/mol. The Kier molecular flexibility index (Phi) is 4.90. The van der Waals surface area contributed by atoms with Gasteiger partial charge in [0.05, 0.1) is 18.8 Å². The van der Waals surface area contributed by atoms with Crippen LogP contribution >= 0.6 is 0 Å². The second-order valence-electron chi connectivity index (χ2n) is 6.37. The number of aliphatic hydroxyl groups is 1. The van der Waals surface area contributed by atoms with Gasteiger partial charge in [-0.05, 0) is 50.4 Å². The molecule has 2 aromatic heterocycles. The first-order valence-electron chi connectivity index (χ1n) is 8.06. The third kappa shape index (κ3) is 4.18. The van der Waals surface area contributed by atoms with Gasteiger partial charge in [-0.15, -0.1) is 0 Å². The first kappa shape index (κ1) is 15.2. The van der Waals surface area contributed by atoms with Gasteiger partial charge in [0.1, 0.15) is 0 Å². The molecule has 1 unspecified atom stereocenters. The third-order valence-corrected chi connectivity index (χ3v) is 4.34. The minimum Gasteiger partial charge on any atom is -0.390 e. The molecule has 6 heteroatoms. The maximum Gasteiger partial charge on any atom is 0.0862 e. The fraction of sp³-hybridized carbons (Fsp3) is 0.625. The van der Waals surface area contributed by atoms with Crippen LogP contribution in [-0.4, -0.2) is 55.3 Å². The van der Waals surface area contributed by atoms with Crippen LogP contribution in [0.25, 0.3) is 0 Å². The van der Waals surface area contributed by atoms with Crippen molar-refractivity contribution in [2.24, 2.45) is 5.92 Å². The molecule has 0 amide bonds. The molecule has 1 saturated heterocycles. The fourth-order valence-corrected chi connectivity index (χ4v) is 3.16. The van der Waals surface area contributed by atoms with Crippen molar-refractivity contribution in [3.05, 3.63) is 36.4 Å². The summed E-state index contributed by atoms with van der Waals surface area (Å²) in [5, 5.41) is 18.7. The zero-order valence-electron chi connectivity index (χ0n) is 13.2. The van der Waals surface area contributed by atoms with Crippen LogP contribution in [-0.2, 0) is 13.1 Å². The summed E-state index contributed by atoms with van der Waals surface area (Å²) < 4.78 is 3.85. The number of aliphatic hydroxyl groups excluding tert-OH is 1. The summed E-state index contributed by atoms with van der Waals surface area (Å²) in [6, 6.07) is 1.88. The van der Waals surface area contributed by atoms with Gasteiger partial charge >= 0.3 is 0 Å². The highest BCUT2D eigenvalue weighted by Gasteiger charge is 2.21. The van der Waals surface area contributed by atoms with E-state index in [-0.39, 0.29) is 6.10 Å². The number of hydrogen-bond donors (Lipinski definition) is 1. The molecule has 120 valence electrons. The quantitative estimate of drug-likeness (QED) is 0.870. The maximum absolute atomic E-state index is 10.2. The first-order valence-corrected chi connectivity index (χ1v) is 8.06. The molecule has 3 rings (SSSR count). The van der Waals surface area contributed by atoms with Gasteiger partial charge in [0.15, 0.2) is 0 Å². The lowest BCUT2D eigenvalue weighted by Gasteiger charge is -2.33. The summed E-state index contributed by atoms with van der Waals surface area (Å²) in [6.07, 6.45) is 9.66. The highest BCUT2D eigenvalue weighted by atomic mass is 16.3. The Hall–Kier alpha value is -1.66. The highest BCUT2D eigenvalue weighted by Crippen LogP contribution is 2.19. The van der Waals surface area contributed by atoms with Gasteiger partial charge in [0.25, 0.3) is 0 Å². The van der Waals surface area contributed by atoms with Crippen LogP contribution in [0.5, 0.6) is 0 Å². The van der Waals surface area contributed by atoms with E-state index in [9.17, 15) is 5.11 Å². The van der Waals surface area contributed by atoms with Crippen molar-refractivity contribution in [1.82, 2.24) is 24.5 Å². The topological polar surface area (TPSA) is 59.1 Å². The molecule has 0 saturated carbocycles. The molecule has 0 aromatic carbocycles. The number of likely N-dealkylation sites (tertiary alicyclic amines) is 1. The summed E-state index contributed by atoms with van der Waals surface area (Å²) in [7, 11) is 0. The van der Waals surface area contributed by atoms with Crippen molar-refractivity contribution in [3.8, 4) is 0 Å². The monoisotopic (exact) mass is 303 g/mol. The normalized spacial score (nSPS) is 18.6. The molecule has 1 aliphatic rings. The smallest absolute Gasteiger partial charge is 0.0862 e. The zero-order valence-corrected chi connectivity index (χ0v) is 13.2. The largest absolute Gasteiger partial charge is 0.390 e. The maximum atomic E-state index is 10.2. The van der Waals surface area contributed by atoms with Gasteiger partial charge < -0.3 is 10.0 Å². The number of aromatic nitrogens is 4. The van der Waals surface area contributed by atoms with Crippen LogP contribution in [0.4, 0.5) is 0 Å². The van der Waals surface area contributed by atoms with Crippen molar-refractivity contribution in [2.75, 3.05) is 19.6 Å². The molecule has 0 spiro atoms. The van der Waals surface area contributed by atoms with Gasteiger partial charge in [-0.25, -0.2) is 0 Å². The Labute approximate surface area is 131 Å².